The van der Waals surface area contributed by atoms with Crippen LogP contribution in [0.25, 0.3) is 10.9 Å². The standard InChI is InChI=1S/C15H17ClN2O2/c1-3-20-15(19)10(2)18-9-11-6-7-13(16)12-5-4-8-17-14(11)12/h4-8,10,18H,3,9H2,1-2H3. The highest BCUT2D eigenvalue weighted by Gasteiger charge is 2.14. The summed E-state index contributed by atoms with van der Waals surface area (Å²) in [5.74, 6) is -0.251. The van der Waals surface area contributed by atoms with Crippen LogP contribution in [-0.2, 0) is 16.1 Å². The fourth-order valence-corrected chi connectivity index (χ4v) is 2.17. The summed E-state index contributed by atoms with van der Waals surface area (Å²) in [7, 11) is 0. The van der Waals surface area contributed by atoms with Crippen LogP contribution in [0, 0.1) is 0 Å². The molecule has 20 heavy (non-hydrogen) atoms. The Bertz CT molecular complexity index is 616. The molecular formula is C15H17ClN2O2. The number of halogens is 1. The molecule has 1 atom stereocenters. The van der Waals surface area contributed by atoms with Gasteiger partial charge in [0.05, 0.1) is 12.1 Å². The van der Waals surface area contributed by atoms with Gasteiger partial charge in [0.1, 0.15) is 6.04 Å². The van der Waals surface area contributed by atoms with Gasteiger partial charge in [0.2, 0.25) is 0 Å². The first kappa shape index (κ1) is 14.8. The van der Waals surface area contributed by atoms with Crippen molar-refractivity contribution in [3.8, 4) is 0 Å². The quantitative estimate of drug-likeness (QED) is 0.861. The van der Waals surface area contributed by atoms with Crippen LogP contribution >= 0.6 is 11.6 Å². The number of carbonyl (C=O) groups excluding carboxylic acids is 1. The first-order valence-electron chi connectivity index (χ1n) is 6.55. The Morgan fingerprint density at radius 3 is 3.00 bits per heavy atom. The number of rotatable bonds is 5. The molecular weight excluding hydrogens is 276 g/mol. The minimum atomic E-state index is -0.357. The number of nitrogens with zero attached hydrogens (tertiary/aromatic N) is 1. The number of esters is 1. The third-order valence-corrected chi connectivity index (χ3v) is 3.37. The molecule has 0 aliphatic rings. The summed E-state index contributed by atoms with van der Waals surface area (Å²) < 4.78 is 4.96. The molecule has 1 heterocycles. The van der Waals surface area contributed by atoms with Gasteiger partial charge in [-0.1, -0.05) is 17.7 Å². The smallest absolute Gasteiger partial charge is 0.322 e. The van der Waals surface area contributed by atoms with E-state index in [2.05, 4.69) is 10.3 Å². The molecule has 0 radical (unpaired) electrons. The van der Waals surface area contributed by atoms with E-state index in [1.165, 1.54) is 0 Å². The van der Waals surface area contributed by atoms with Crippen molar-refractivity contribution in [2.45, 2.75) is 26.4 Å². The lowest BCUT2D eigenvalue weighted by Gasteiger charge is -2.13. The van der Waals surface area contributed by atoms with Crippen molar-refractivity contribution >= 4 is 28.5 Å². The van der Waals surface area contributed by atoms with E-state index in [0.717, 1.165) is 16.5 Å². The normalized spacial score (nSPS) is 12.3. The lowest BCUT2D eigenvalue weighted by molar-refractivity contribution is -0.145. The average Bonchev–Trinajstić information content (AvgIpc) is 2.47. The van der Waals surface area contributed by atoms with Crippen LogP contribution in [0.15, 0.2) is 30.5 Å². The van der Waals surface area contributed by atoms with Crippen molar-refractivity contribution in [3.05, 3.63) is 41.0 Å². The molecule has 0 aliphatic carbocycles. The molecule has 1 N–H and O–H groups in total. The maximum absolute atomic E-state index is 11.6. The van der Waals surface area contributed by atoms with Crippen LogP contribution < -0.4 is 5.32 Å². The number of fused-ring (bicyclic) bond motifs is 1. The number of hydrogen-bond acceptors (Lipinski definition) is 4. The molecule has 0 fully saturated rings. The van der Waals surface area contributed by atoms with Gasteiger partial charge in [0, 0.05) is 23.2 Å². The van der Waals surface area contributed by atoms with Crippen molar-refractivity contribution in [2.75, 3.05) is 6.61 Å². The van der Waals surface area contributed by atoms with E-state index in [0.29, 0.717) is 18.2 Å². The summed E-state index contributed by atoms with van der Waals surface area (Å²) in [6, 6.07) is 7.19. The molecule has 0 bridgehead atoms. The maximum Gasteiger partial charge on any atom is 0.322 e. The van der Waals surface area contributed by atoms with Gasteiger partial charge in [-0.3, -0.25) is 9.78 Å². The number of hydrogen-bond donors (Lipinski definition) is 1. The number of aromatic nitrogens is 1. The van der Waals surface area contributed by atoms with Crippen molar-refractivity contribution in [1.82, 2.24) is 10.3 Å². The summed E-state index contributed by atoms with van der Waals surface area (Å²) in [5, 5.41) is 4.73. The first-order chi connectivity index (χ1) is 9.63. The summed E-state index contributed by atoms with van der Waals surface area (Å²) >= 11 is 6.15. The van der Waals surface area contributed by atoms with Gasteiger partial charge in [-0.15, -0.1) is 0 Å². The van der Waals surface area contributed by atoms with Crippen LogP contribution in [0.3, 0.4) is 0 Å². The van der Waals surface area contributed by atoms with Gasteiger partial charge in [0.25, 0.3) is 0 Å². The van der Waals surface area contributed by atoms with Gasteiger partial charge >= 0.3 is 5.97 Å². The molecule has 2 rings (SSSR count). The molecule has 106 valence electrons. The Morgan fingerprint density at radius 1 is 1.45 bits per heavy atom. The topological polar surface area (TPSA) is 51.2 Å². The molecule has 0 saturated heterocycles. The fourth-order valence-electron chi connectivity index (χ4n) is 1.95. The summed E-state index contributed by atoms with van der Waals surface area (Å²) in [4.78, 5) is 15.9. The van der Waals surface area contributed by atoms with Crippen LogP contribution in [0.5, 0.6) is 0 Å². The van der Waals surface area contributed by atoms with Crippen LogP contribution in [-0.4, -0.2) is 23.6 Å². The van der Waals surface area contributed by atoms with Crippen molar-refractivity contribution < 1.29 is 9.53 Å². The van der Waals surface area contributed by atoms with E-state index in [-0.39, 0.29) is 12.0 Å². The van der Waals surface area contributed by atoms with E-state index >= 15 is 0 Å². The molecule has 0 amide bonds. The molecule has 4 nitrogen and oxygen atoms in total. The Labute approximate surface area is 123 Å². The number of pyridine rings is 1. The highest BCUT2D eigenvalue weighted by Crippen LogP contribution is 2.24. The highest BCUT2D eigenvalue weighted by atomic mass is 35.5. The van der Waals surface area contributed by atoms with E-state index in [1.54, 1.807) is 20.0 Å². The third-order valence-electron chi connectivity index (χ3n) is 3.04. The zero-order valence-corrected chi connectivity index (χ0v) is 12.3. The van der Waals surface area contributed by atoms with Gasteiger partial charge < -0.3 is 10.1 Å². The predicted molar refractivity (Wildman–Crippen MR) is 79.7 cm³/mol. The maximum atomic E-state index is 11.6. The Balaban J connectivity index is 2.15. The van der Waals surface area contributed by atoms with Crippen molar-refractivity contribution in [2.24, 2.45) is 0 Å². The Kier molecular flexibility index (Phi) is 4.93. The molecule has 2 aromatic rings. The fraction of sp³-hybridized carbons (Fsp3) is 0.333. The predicted octanol–water partition coefficient (Wildman–Crippen LogP) is 2.93. The molecule has 5 heteroatoms. The summed E-state index contributed by atoms with van der Waals surface area (Å²) in [5.41, 5.74) is 1.85. The minimum Gasteiger partial charge on any atom is -0.465 e. The summed E-state index contributed by atoms with van der Waals surface area (Å²) in [6.45, 7) is 4.49. The second-order valence-electron chi connectivity index (χ2n) is 4.46. The number of carbonyl (C=O) groups is 1. The van der Waals surface area contributed by atoms with Gasteiger partial charge in [0.15, 0.2) is 0 Å². The van der Waals surface area contributed by atoms with Crippen LogP contribution in [0.1, 0.15) is 19.4 Å². The first-order valence-corrected chi connectivity index (χ1v) is 6.93. The van der Waals surface area contributed by atoms with E-state index in [1.807, 2.05) is 24.3 Å². The van der Waals surface area contributed by atoms with Crippen LogP contribution in [0.4, 0.5) is 0 Å². The van der Waals surface area contributed by atoms with Crippen molar-refractivity contribution in [3.63, 3.8) is 0 Å². The molecule has 1 aromatic heterocycles. The number of ether oxygens (including phenoxy) is 1. The zero-order valence-electron chi connectivity index (χ0n) is 11.5. The van der Waals surface area contributed by atoms with Gasteiger partial charge in [-0.25, -0.2) is 0 Å². The molecule has 1 aromatic carbocycles. The second kappa shape index (κ2) is 6.68. The van der Waals surface area contributed by atoms with Gasteiger partial charge in [-0.2, -0.15) is 0 Å². The minimum absolute atomic E-state index is 0.251. The SMILES string of the molecule is CCOC(=O)C(C)NCc1ccc(Cl)c2cccnc12. The molecule has 0 saturated carbocycles. The van der Waals surface area contributed by atoms with E-state index in [4.69, 9.17) is 16.3 Å². The van der Waals surface area contributed by atoms with Crippen molar-refractivity contribution in [1.29, 1.82) is 0 Å². The molecule has 0 spiro atoms. The van der Waals surface area contributed by atoms with E-state index in [9.17, 15) is 4.79 Å². The monoisotopic (exact) mass is 292 g/mol. The Morgan fingerprint density at radius 2 is 2.25 bits per heavy atom. The number of nitrogens with one attached hydrogen (secondary N) is 1. The third kappa shape index (κ3) is 3.26. The summed E-state index contributed by atoms with van der Waals surface area (Å²) in [6.07, 6.45) is 1.73. The lowest BCUT2D eigenvalue weighted by Crippen LogP contribution is -2.34. The molecule has 1 unspecified atom stereocenters. The van der Waals surface area contributed by atoms with Crippen LogP contribution in [0.2, 0.25) is 5.02 Å². The highest BCUT2D eigenvalue weighted by molar-refractivity contribution is 6.35. The van der Waals surface area contributed by atoms with E-state index < -0.39 is 0 Å². The molecule has 0 aliphatic heterocycles. The Hall–Kier alpha value is -1.65. The zero-order chi connectivity index (χ0) is 14.5. The van der Waals surface area contributed by atoms with Gasteiger partial charge in [-0.05, 0) is 37.6 Å². The lowest BCUT2D eigenvalue weighted by atomic mass is 10.1. The number of benzene rings is 1. The second-order valence-corrected chi connectivity index (χ2v) is 4.87. The average molecular weight is 293 g/mol. The largest absolute Gasteiger partial charge is 0.465 e.